The molecule has 1 aliphatic heterocycles. The van der Waals surface area contributed by atoms with E-state index in [0.717, 1.165) is 0 Å². The van der Waals surface area contributed by atoms with Gasteiger partial charge in [0.05, 0.1) is 10.6 Å². The number of aliphatic imine (C=N–C) groups is 1. The van der Waals surface area contributed by atoms with Gasteiger partial charge in [-0.2, -0.15) is 0 Å². The van der Waals surface area contributed by atoms with Gasteiger partial charge in [0.1, 0.15) is 10.9 Å². The summed E-state index contributed by atoms with van der Waals surface area (Å²) in [6, 6.07) is 12.8. The van der Waals surface area contributed by atoms with Crippen LogP contribution >= 0.6 is 23.4 Å². The number of nitrogens with zero attached hydrogens (tertiary/aromatic N) is 3. The van der Waals surface area contributed by atoms with Crippen LogP contribution in [0.4, 0.5) is 17.1 Å². The fourth-order valence-corrected chi connectivity index (χ4v) is 4.10. The topological polar surface area (TPSA) is 105 Å². The molecule has 0 unspecified atom stereocenters. The lowest BCUT2D eigenvalue weighted by Gasteiger charge is -2.13. The van der Waals surface area contributed by atoms with E-state index in [2.05, 4.69) is 10.3 Å². The summed E-state index contributed by atoms with van der Waals surface area (Å²) in [5.41, 5.74) is 0.542. The molecule has 1 heterocycles. The van der Waals surface area contributed by atoms with Gasteiger partial charge in [0.2, 0.25) is 11.8 Å². The summed E-state index contributed by atoms with van der Waals surface area (Å²) in [5.74, 6) is -0.697. The number of carbonyl (C=O) groups excluding carboxylic acids is 2. The van der Waals surface area contributed by atoms with Crippen molar-refractivity contribution < 1.29 is 14.5 Å². The summed E-state index contributed by atoms with van der Waals surface area (Å²) in [7, 11) is 0. The number of nitrogens with one attached hydrogen (secondary N) is 1. The third kappa shape index (κ3) is 4.93. The first kappa shape index (κ1) is 20.8. The fourth-order valence-electron chi connectivity index (χ4n) is 2.75. The highest BCUT2D eigenvalue weighted by atomic mass is 35.5. The molecule has 3 rings (SSSR count). The number of para-hydroxylation sites is 2. The number of thioether (sulfide) groups is 1. The van der Waals surface area contributed by atoms with Gasteiger partial charge in [-0.1, -0.05) is 35.5 Å². The van der Waals surface area contributed by atoms with Crippen LogP contribution in [0.15, 0.2) is 53.5 Å². The van der Waals surface area contributed by atoms with Crippen molar-refractivity contribution in [1.29, 1.82) is 0 Å². The highest BCUT2D eigenvalue weighted by Gasteiger charge is 2.38. The molecule has 1 aliphatic rings. The van der Waals surface area contributed by atoms with Gasteiger partial charge in [0.25, 0.3) is 5.69 Å². The number of amidine groups is 1. The molecule has 2 aromatic carbocycles. The van der Waals surface area contributed by atoms with Crippen molar-refractivity contribution in [3.05, 3.63) is 63.7 Å². The molecule has 2 aromatic rings. The molecule has 0 spiro atoms. The number of halogens is 1. The van der Waals surface area contributed by atoms with Crippen molar-refractivity contribution in [2.24, 2.45) is 4.99 Å². The van der Waals surface area contributed by atoms with E-state index in [1.807, 2.05) is 6.92 Å². The molecule has 2 amide bonds. The van der Waals surface area contributed by atoms with Gasteiger partial charge in [-0.3, -0.25) is 24.6 Å². The highest BCUT2D eigenvalue weighted by Crippen LogP contribution is 2.32. The van der Waals surface area contributed by atoms with Crippen LogP contribution in [0.3, 0.4) is 0 Å². The van der Waals surface area contributed by atoms with Crippen LogP contribution in [0.1, 0.15) is 13.3 Å². The van der Waals surface area contributed by atoms with E-state index < -0.39 is 16.1 Å². The van der Waals surface area contributed by atoms with Crippen molar-refractivity contribution in [3.63, 3.8) is 0 Å². The van der Waals surface area contributed by atoms with Crippen LogP contribution in [0.5, 0.6) is 0 Å². The maximum absolute atomic E-state index is 12.7. The second-order valence-corrected chi connectivity index (χ2v) is 7.69. The van der Waals surface area contributed by atoms with E-state index in [0.29, 0.717) is 22.4 Å². The predicted molar refractivity (Wildman–Crippen MR) is 114 cm³/mol. The summed E-state index contributed by atoms with van der Waals surface area (Å²) in [5, 5.41) is 14.0. The van der Waals surface area contributed by atoms with Crippen molar-refractivity contribution in [3.8, 4) is 0 Å². The molecule has 0 aliphatic carbocycles. The van der Waals surface area contributed by atoms with Crippen molar-refractivity contribution >= 4 is 57.4 Å². The number of carbonyl (C=O) groups is 2. The summed E-state index contributed by atoms with van der Waals surface area (Å²) < 4.78 is 0. The molecule has 10 heteroatoms. The molecule has 0 saturated carbocycles. The lowest BCUT2D eigenvalue weighted by atomic mass is 10.2. The number of hydrogen-bond donors (Lipinski definition) is 1. The normalized spacial score (nSPS) is 17.6. The van der Waals surface area contributed by atoms with Crippen LogP contribution in [-0.4, -0.2) is 38.6 Å². The second kappa shape index (κ2) is 9.06. The molecule has 0 bridgehead atoms. The molecule has 1 atom stereocenters. The SMILES string of the molecule is CCN1C(=O)[C@@H](CC(=O)Nc2ccccc2[N+](=O)[O-])SC1=Nc1ccc(Cl)cc1. The van der Waals surface area contributed by atoms with Gasteiger partial charge in [-0.15, -0.1) is 0 Å². The second-order valence-electron chi connectivity index (χ2n) is 6.09. The Balaban J connectivity index is 1.73. The van der Waals surface area contributed by atoms with E-state index in [1.165, 1.54) is 34.9 Å². The molecule has 150 valence electrons. The molecule has 8 nitrogen and oxygen atoms in total. The summed E-state index contributed by atoms with van der Waals surface area (Å²) in [4.78, 5) is 41.6. The highest BCUT2D eigenvalue weighted by molar-refractivity contribution is 8.15. The fraction of sp³-hybridized carbons (Fsp3) is 0.211. The average molecular weight is 433 g/mol. The van der Waals surface area contributed by atoms with Crippen molar-refractivity contribution in [2.45, 2.75) is 18.6 Å². The summed E-state index contributed by atoms with van der Waals surface area (Å²) in [6.07, 6.45) is -0.119. The molecular formula is C19H17ClN4O4S. The van der Waals surface area contributed by atoms with E-state index >= 15 is 0 Å². The molecular weight excluding hydrogens is 416 g/mol. The van der Waals surface area contributed by atoms with Gasteiger partial charge in [0, 0.05) is 24.1 Å². The van der Waals surface area contributed by atoms with Crippen LogP contribution in [0, 0.1) is 10.1 Å². The Kier molecular flexibility index (Phi) is 6.50. The molecule has 1 N–H and O–H groups in total. The Bertz CT molecular complexity index is 980. The van der Waals surface area contributed by atoms with Gasteiger partial charge in [-0.25, -0.2) is 4.99 Å². The molecule has 29 heavy (non-hydrogen) atoms. The van der Waals surface area contributed by atoms with E-state index in [1.54, 1.807) is 30.3 Å². The van der Waals surface area contributed by atoms with Crippen LogP contribution in [0.25, 0.3) is 0 Å². The number of anilines is 1. The average Bonchev–Trinajstić information content (AvgIpc) is 2.98. The first-order valence-electron chi connectivity index (χ1n) is 8.74. The quantitative estimate of drug-likeness (QED) is 0.543. The van der Waals surface area contributed by atoms with E-state index in [-0.39, 0.29) is 23.7 Å². The maximum Gasteiger partial charge on any atom is 0.292 e. The minimum atomic E-state index is -0.649. The van der Waals surface area contributed by atoms with Crippen molar-refractivity contribution in [2.75, 3.05) is 11.9 Å². The Morgan fingerprint density at radius 1 is 1.28 bits per heavy atom. The number of nitro groups is 1. The minimum Gasteiger partial charge on any atom is -0.320 e. The Morgan fingerprint density at radius 3 is 2.62 bits per heavy atom. The van der Waals surface area contributed by atoms with Crippen LogP contribution < -0.4 is 5.32 Å². The number of nitro benzene ring substituents is 1. The summed E-state index contributed by atoms with van der Waals surface area (Å²) in [6.45, 7) is 2.24. The lowest BCUT2D eigenvalue weighted by molar-refractivity contribution is -0.383. The zero-order valence-electron chi connectivity index (χ0n) is 15.4. The number of rotatable bonds is 6. The zero-order valence-corrected chi connectivity index (χ0v) is 16.9. The molecule has 0 aromatic heterocycles. The molecule has 1 saturated heterocycles. The van der Waals surface area contributed by atoms with Crippen LogP contribution in [-0.2, 0) is 9.59 Å². The summed E-state index contributed by atoms with van der Waals surface area (Å²) >= 11 is 7.08. The minimum absolute atomic E-state index is 0.0975. The van der Waals surface area contributed by atoms with Crippen molar-refractivity contribution in [1.82, 2.24) is 4.90 Å². The van der Waals surface area contributed by atoms with Gasteiger partial charge < -0.3 is 5.32 Å². The first-order valence-corrected chi connectivity index (χ1v) is 10.0. The Labute approximate surface area is 176 Å². The van der Waals surface area contributed by atoms with Gasteiger partial charge >= 0.3 is 0 Å². The molecule has 1 fully saturated rings. The first-order chi connectivity index (χ1) is 13.9. The van der Waals surface area contributed by atoms with Gasteiger partial charge in [-0.05, 0) is 37.3 Å². The monoisotopic (exact) mass is 432 g/mol. The van der Waals surface area contributed by atoms with Crippen LogP contribution in [0.2, 0.25) is 5.02 Å². The predicted octanol–water partition coefficient (Wildman–Crippen LogP) is 4.23. The Morgan fingerprint density at radius 2 is 1.97 bits per heavy atom. The zero-order chi connectivity index (χ0) is 21.0. The number of hydrogen-bond acceptors (Lipinski definition) is 6. The maximum atomic E-state index is 12.7. The third-order valence-corrected chi connectivity index (χ3v) is 5.56. The standard InChI is InChI=1S/C19H17ClN4O4S/c1-2-23-18(26)16(29-19(23)21-13-9-7-12(20)8-10-13)11-17(25)22-14-5-3-4-6-15(14)24(27)28/h3-10,16H,2,11H2,1H3,(H,22,25)/t16-/m1/s1. The van der Waals surface area contributed by atoms with E-state index in [4.69, 9.17) is 11.6 Å². The smallest absolute Gasteiger partial charge is 0.292 e. The Hall–Kier alpha value is -2.91. The largest absolute Gasteiger partial charge is 0.320 e. The van der Waals surface area contributed by atoms with E-state index in [9.17, 15) is 19.7 Å². The van der Waals surface area contributed by atoms with Gasteiger partial charge in [0.15, 0.2) is 5.17 Å². The third-order valence-electron chi connectivity index (χ3n) is 4.13. The number of benzene rings is 2. The number of amides is 2. The lowest BCUT2D eigenvalue weighted by Crippen LogP contribution is -2.33. The molecule has 0 radical (unpaired) electrons.